The fraction of sp³-hybridized carbons (Fsp3) is 0.600. The lowest BCUT2D eigenvalue weighted by molar-refractivity contribution is -0.123. The van der Waals surface area contributed by atoms with Crippen LogP contribution in [0.3, 0.4) is 0 Å². The first kappa shape index (κ1) is 12.7. The number of hydrogen-bond donors (Lipinski definition) is 3. The average Bonchev–Trinajstić information content (AvgIpc) is 2.71. The molecule has 1 heterocycles. The van der Waals surface area contributed by atoms with Crippen LogP contribution < -0.4 is 11.1 Å². The van der Waals surface area contributed by atoms with Gasteiger partial charge in [-0.25, -0.2) is 0 Å². The molecule has 0 spiro atoms. The van der Waals surface area contributed by atoms with Gasteiger partial charge in [0, 0.05) is 18.8 Å². The molecule has 0 fully saturated rings. The van der Waals surface area contributed by atoms with Gasteiger partial charge in [-0.2, -0.15) is 5.10 Å². The van der Waals surface area contributed by atoms with E-state index >= 15 is 0 Å². The third-order valence-corrected chi connectivity index (χ3v) is 2.43. The second-order valence-corrected chi connectivity index (χ2v) is 3.72. The highest BCUT2D eigenvalue weighted by atomic mass is 16.3. The van der Waals surface area contributed by atoms with Gasteiger partial charge in [-0.05, 0) is 6.42 Å². The first-order valence-electron chi connectivity index (χ1n) is 5.23. The molecule has 0 aliphatic rings. The van der Waals surface area contributed by atoms with Crippen LogP contribution >= 0.6 is 0 Å². The highest BCUT2D eigenvalue weighted by Gasteiger charge is 2.19. The third-order valence-electron chi connectivity index (χ3n) is 2.43. The zero-order chi connectivity index (χ0) is 12.1. The predicted molar refractivity (Wildman–Crippen MR) is 59.4 cm³/mol. The molecule has 4 N–H and O–H groups in total. The van der Waals surface area contributed by atoms with Crippen LogP contribution in [-0.4, -0.2) is 33.4 Å². The molecule has 1 rings (SSSR count). The summed E-state index contributed by atoms with van der Waals surface area (Å²) >= 11 is 0. The largest absolute Gasteiger partial charge is 0.394 e. The van der Waals surface area contributed by atoms with Gasteiger partial charge in [-0.15, -0.1) is 0 Å². The minimum Gasteiger partial charge on any atom is -0.394 e. The Morgan fingerprint density at radius 3 is 2.88 bits per heavy atom. The molecule has 16 heavy (non-hydrogen) atoms. The molecule has 2 atom stereocenters. The topological polar surface area (TPSA) is 93.2 Å². The molecule has 2 unspecified atom stereocenters. The van der Waals surface area contributed by atoms with Crippen molar-refractivity contribution in [2.24, 2.45) is 12.8 Å². The van der Waals surface area contributed by atoms with Crippen molar-refractivity contribution in [3.05, 3.63) is 18.0 Å². The first-order chi connectivity index (χ1) is 7.58. The minimum atomic E-state index is -0.741. The number of amides is 1. The van der Waals surface area contributed by atoms with Gasteiger partial charge in [0.1, 0.15) is 6.04 Å². The van der Waals surface area contributed by atoms with Crippen molar-refractivity contribution >= 4 is 5.91 Å². The molecule has 0 aliphatic carbocycles. The van der Waals surface area contributed by atoms with Crippen LogP contribution in [0.2, 0.25) is 0 Å². The van der Waals surface area contributed by atoms with Gasteiger partial charge in [0.25, 0.3) is 0 Å². The second kappa shape index (κ2) is 5.62. The normalized spacial score (nSPS) is 14.5. The molecule has 90 valence electrons. The summed E-state index contributed by atoms with van der Waals surface area (Å²) < 4.78 is 1.59. The number of carbonyl (C=O) groups is 1. The summed E-state index contributed by atoms with van der Waals surface area (Å²) in [5.74, 6) is -0.297. The number of aliphatic hydroxyl groups is 1. The maximum absolute atomic E-state index is 11.7. The molecule has 0 aliphatic heterocycles. The van der Waals surface area contributed by atoms with Gasteiger partial charge in [-0.3, -0.25) is 9.48 Å². The lowest BCUT2D eigenvalue weighted by atomic mass is 10.1. The smallest absolute Gasteiger partial charge is 0.241 e. The number of nitrogens with two attached hydrogens (primary N) is 1. The number of rotatable bonds is 5. The SMILES string of the molecule is CCC(CO)NC(=O)C(N)c1cnn(C)c1. The number of aromatic nitrogens is 2. The van der Waals surface area contributed by atoms with Crippen LogP contribution in [0.1, 0.15) is 24.9 Å². The maximum atomic E-state index is 11.7. The maximum Gasteiger partial charge on any atom is 0.241 e. The number of nitrogens with one attached hydrogen (secondary N) is 1. The summed E-state index contributed by atoms with van der Waals surface area (Å²) in [5, 5.41) is 15.6. The fourth-order valence-corrected chi connectivity index (χ4v) is 1.32. The monoisotopic (exact) mass is 226 g/mol. The molecule has 1 aromatic rings. The predicted octanol–water partition coefficient (Wildman–Crippen LogP) is -0.693. The lowest BCUT2D eigenvalue weighted by Crippen LogP contribution is -2.42. The molecule has 1 amide bonds. The average molecular weight is 226 g/mol. The first-order valence-corrected chi connectivity index (χ1v) is 5.23. The van der Waals surface area contributed by atoms with Gasteiger partial charge >= 0.3 is 0 Å². The number of nitrogens with zero attached hydrogens (tertiary/aromatic N) is 2. The van der Waals surface area contributed by atoms with Crippen LogP contribution in [0.25, 0.3) is 0 Å². The molecule has 0 bridgehead atoms. The quantitative estimate of drug-likeness (QED) is 0.619. The van der Waals surface area contributed by atoms with Crippen LogP contribution in [0.5, 0.6) is 0 Å². The Morgan fingerprint density at radius 1 is 1.75 bits per heavy atom. The van der Waals surface area contributed by atoms with Crippen molar-refractivity contribution in [2.45, 2.75) is 25.4 Å². The van der Waals surface area contributed by atoms with E-state index in [0.717, 1.165) is 0 Å². The Bertz CT molecular complexity index is 346. The molecule has 0 saturated heterocycles. The zero-order valence-electron chi connectivity index (χ0n) is 9.55. The molecule has 1 aromatic heterocycles. The third kappa shape index (κ3) is 3.04. The van der Waals surface area contributed by atoms with E-state index in [2.05, 4.69) is 10.4 Å². The van der Waals surface area contributed by atoms with Crippen molar-refractivity contribution < 1.29 is 9.90 Å². The van der Waals surface area contributed by atoms with E-state index in [-0.39, 0.29) is 18.6 Å². The van der Waals surface area contributed by atoms with Crippen LogP contribution in [-0.2, 0) is 11.8 Å². The van der Waals surface area contributed by atoms with E-state index in [0.29, 0.717) is 12.0 Å². The van der Waals surface area contributed by atoms with Crippen LogP contribution in [0.4, 0.5) is 0 Å². The number of aliphatic hydroxyl groups excluding tert-OH is 1. The van der Waals surface area contributed by atoms with Crippen molar-refractivity contribution in [1.82, 2.24) is 15.1 Å². The zero-order valence-corrected chi connectivity index (χ0v) is 9.55. The molecular weight excluding hydrogens is 208 g/mol. The van der Waals surface area contributed by atoms with E-state index in [9.17, 15) is 4.79 Å². The summed E-state index contributed by atoms with van der Waals surface area (Å²) in [7, 11) is 1.76. The summed E-state index contributed by atoms with van der Waals surface area (Å²) in [4.78, 5) is 11.7. The Hall–Kier alpha value is -1.40. The highest BCUT2D eigenvalue weighted by Crippen LogP contribution is 2.08. The lowest BCUT2D eigenvalue weighted by Gasteiger charge is -2.16. The van der Waals surface area contributed by atoms with Crippen LogP contribution in [0.15, 0.2) is 12.4 Å². The van der Waals surface area contributed by atoms with Gasteiger partial charge in [0.2, 0.25) is 5.91 Å². The van der Waals surface area contributed by atoms with Gasteiger partial charge in [-0.1, -0.05) is 6.92 Å². The molecule has 6 heteroatoms. The van der Waals surface area contributed by atoms with Crippen molar-refractivity contribution in [2.75, 3.05) is 6.61 Å². The van der Waals surface area contributed by atoms with Gasteiger partial charge in [0.15, 0.2) is 0 Å². The Morgan fingerprint density at radius 2 is 2.44 bits per heavy atom. The number of aryl methyl sites for hydroxylation is 1. The highest BCUT2D eigenvalue weighted by molar-refractivity contribution is 5.83. The number of carbonyl (C=O) groups excluding carboxylic acids is 1. The summed E-state index contributed by atoms with van der Waals surface area (Å²) in [5.41, 5.74) is 6.42. The Balaban J connectivity index is 2.60. The van der Waals surface area contributed by atoms with E-state index in [1.165, 1.54) is 0 Å². The standard InChI is InChI=1S/C10H18N4O2/c1-3-8(6-15)13-10(16)9(11)7-4-12-14(2)5-7/h4-5,8-9,15H,3,6,11H2,1-2H3,(H,13,16). The minimum absolute atomic E-state index is 0.0813. The van der Waals surface area contributed by atoms with Crippen molar-refractivity contribution in [3.8, 4) is 0 Å². The van der Waals surface area contributed by atoms with E-state index in [4.69, 9.17) is 10.8 Å². The summed E-state index contributed by atoms with van der Waals surface area (Å²) in [6, 6.07) is -0.982. The fourth-order valence-electron chi connectivity index (χ4n) is 1.32. The molecule has 0 aromatic carbocycles. The van der Waals surface area contributed by atoms with E-state index < -0.39 is 6.04 Å². The second-order valence-electron chi connectivity index (χ2n) is 3.72. The Kier molecular flexibility index (Phi) is 4.45. The molecule has 0 saturated carbocycles. The van der Waals surface area contributed by atoms with Crippen molar-refractivity contribution in [3.63, 3.8) is 0 Å². The van der Waals surface area contributed by atoms with Crippen LogP contribution in [0, 0.1) is 0 Å². The van der Waals surface area contributed by atoms with E-state index in [1.807, 2.05) is 6.92 Å². The Labute approximate surface area is 94.4 Å². The summed E-state index contributed by atoms with van der Waals surface area (Å²) in [6.45, 7) is 1.80. The molecular formula is C10H18N4O2. The summed E-state index contributed by atoms with van der Waals surface area (Å²) in [6.07, 6.45) is 3.93. The molecule has 0 radical (unpaired) electrons. The van der Waals surface area contributed by atoms with Gasteiger partial charge in [0.05, 0.1) is 18.8 Å². The van der Waals surface area contributed by atoms with Gasteiger partial charge < -0.3 is 16.2 Å². The van der Waals surface area contributed by atoms with Crippen molar-refractivity contribution in [1.29, 1.82) is 0 Å². The number of hydrogen-bond acceptors (Lipinski definition) is 4. The molecule has 6 nitrogen and oxygen atoms in total. The van der Waals surface area contributed by atoms with E-state index in [1.54, 1.807) is 24.1 Å².